The van der Waals surface area contributed by atoms with E-state index in [9.17, 15) is 24.3 Å². The van der Waals surface area contributed by atoms with E-state index >= 15 is 0 Å². The van der Waals surface area contributed by atoms with Gasteiger partial charge in [-0.1, -0.05) is 23.7 Å². The first-order valence-corrected chi connectivity index (χ1v) is 11.0. The summed E-state index contributed by atoms with van der Waals surface area (Å²) >= 11 is 5.93. The lowest BCUT2D eigenvalue weighted by Gasteiger charge is -2.24. The average molecular weight is 480 g/mol. The number of Topliss-reactive ketones (excluding diaryl/α,β-unsaturated/α-hetero) is 1. The highest BCUT2D eigenvalue weighted by Gasteiger charge is 2.39. The van der Waals surface area contributed by atoms with Gasteiger partial charge in [0.1, 0.15) is 17.2 Å². The molecule has 0 radical (unpaired) electrons. The van der Waals surface area contributed by atoms with E-state index in [1.165, 1.54) is 18.2 Å². The number of urea groups is 1. The van der Waals surface area contributed by atoms with Crippen molar-refractivity contribution in [2.45, 2.75) is 43.7 Å². The third-order valence-corrected chi connectivity index (χ3v) is 5.99. The second-order valence-corrected chi connectivity index (χ2v) is 8.56. The topological polar surface area (TPSA) is 125 Å². The summed E-state index contributed by atoms with van der Waals surface area (Å²) in [7, 11) is 0. The van der Waals surface area contributed by atoms with Gasteiger partial charge in [-0.05, 0) is 61.6 Å². The van der Waals surface area contributed by atoms with E-state index in [0.717, 1.165) is 10.6 Å². The summed E-state index contributed by atoms with van der Waals surface area (Å²) in [5.41, 5.74) is 4.69. The number of carbonyl (C=O) groups excluding carboxylic acids is 2. The molecule has 2 amide bonds. The highest BCUT2D eigenvalue weighted by Crippen LogP contribution is 2.30. The van der Waals surface area contributed by atoms with Crippen LogP contribution in [0.5, 0.6) is 5.75 Å². The number of hydrogen-bond acceptors (Lipinski definition) is 6. The molecule has 1 aliphatic rings. The first-order valence-electron chi connectivity index (χ1n) is 10.6. The fourth-order valence-electron chi connectivity index (χ4n) is 3.89. The highest BCUT2D eigenvalue weighted by atomic mass is 35.5. The maximum absolute atomic E-state index is 13.1. The molecule has 178 valence electrons. The van der Waals surface area contributed by atoms with E-state index in [1.54, 1.807) is 24.3 Å². The molecule has 1 fully saturated rings. The number of hydrogen-bond donors (Lipinski definition) is 4. The number of anilines is 1. The van der Waals surface area contributed by atoms with Crippen LogP contribution in [0.3, 0.4) is 0 Å². The standard InChI is InChI=1S/C23H27ClFN3O5/c24-16-3-6-20(19(14-16)27-22(26)30)33-12-8-21(29)23(31)9-7-18(28(32)11-10-23)13-15-1-4-17(25)5-2-15/h1-6,14,18,31-32H,7-13H2,(H3,26,27,30). The van der Waals surface area contributed by atoms with Crippen molar-refractivity contribution in [3.05, 3.63) is 58.9 Å². The Kier molecular flexibility index (Phi) is 8.25. The molecule has 0 aromatic heterocycles. The molecule has 2 unspecified atom stereocenters. The van der Waals surface area contributed by atoms with Crippen molar-refractivity contribution in [3.63, 3.8) is 0 Å². The van der Waals surface area contributed by atoms with Crippen molar-refractivity contribution in [1.29, 1.82) is 0 Å². The van der Waals surface area contributed by atoms with Crippen molar-refractivity contribution in [2.75, 3.05) is 18.5 Å². The third kappa shape index (κ3) is 6.88. The smallest absolute Gasteiger partial charge is 0.316 e. The Balaban J connectivity index is 1.56. The van der Waals surface area contributed by atoms with Crippen LogP contribution in [-0.2, 0) is 11.2 Å². The Labute approximate surface area is 196 Å². The number of rotatable bonds is 8. The van der Waals surface area contributed by atoms with E-state index in [-0.39, 0.29) is 50.0 Å². The summed E-state index contributed by atoms with van der Waals surface area (Å²) < 4.78 is 18.7. The molecule has 1 saturated heterocycles. The number of nitrogens with two attached hydrogens (primary N) is 1. The Hall–Kier alpha value is -2.72. The quantitative estimate of drug-likeness (QED) is 0.459. The summed E-state index contributed by atoms with van der Waals surface area (Å²) in [5, 5.41) is 25.3. The first-order chi connectivity index (χ1) is 15.7. The summed E-state index contributed by atoms with van der Waals surface area (Å²) in [6, 6.07) is 9.53. The number of carbonyl (C=O) groups is 2. The number of primary amides is 1. The molecular formula is C23H27ClFN3O5. The number of hydroxylamine groups is 2. The molecule has 2 aromatic rings. The van der Waals surface area contributed by atoms with E-state index in [1.807, 2.05) is 0 Å². The molecule has 3 rings (SSSR count). The van der Waals surface area contributed by atoms with Gasteiger partial charge in [0.2, 0.25) is 0 Å². The van der Waals surface area contributed by atoms with Gasteiger partial charge >= 0.3 is 6.03 Å². The monoisotopic (exact) mass is 479 g/mol. The molecule has 2 aromatic carbocycles. The van der Waals surface area contributed by atoms with Crippen LogP contribution in [0.4, 0.5) is 14.9 Å². The van der Waals surface area contributed by atoms with Gasteiger partial charge in [0.05, 0.1) is 12.3 Å². The van der Waals surface area contributed by atoms with Crippen molar-refractivity contribution in [1.82, 2.24) is 5.06 Å². The summed E-state index contributed by atoms with van der Waals surface area (Å²) in [4.78, 5) is 24.0. The molecule has 10 heteroatoms. The van der Waals surface area contributed by atoms with Crippen molar-refractivity contribution < 1.29 is 29.0 Å². The van der Waals surface area contributed by atoms with Crippen molar-refractivity contribution in [2.24, 2.45) is 5.73 Å². The van der Waals surface area contributed by atoms with Crippen molar-refractivity contribution >= 4 is 29.1 Å². The molecule has 0 spiro atoms. The molecule has 0 aliphatic carbocycles. The van der Waals surface area contributed by atoms with Gasteiger partial charge in [0, 0.05) is 24.0 Å². The average Bonchev–Trinajstić information content (AvgIpc) is 2.91. The molecule has 1 aliphatic heterocycles. The van der Waals surface area contributed by atoms with Gasteiger partial charge < -0.3 is 26.1 Å². The fourth-order valence-corrected chi connectivity index (χ4v) is 4.06. The van der Waals surface area contributed by atoms with E-state index in [4.69, 9.17) is 22.1 Å². The predicted molar refractivity (Wildman–Crippen MR) is 121 cm³/mol. The molecule has 8 nitrogen and oxygen atoms in total. The minimum atomic E-state index is -1.59. The lowest BCUT2D eigenvalue weighted by Crippen LogP contribution is -2.40. The Morgan fingerprint density at radius 3 is 2.67 bits per heavy atom. The van der Waals surface area contributed by atoms with Crippen LogP contribution >= 0.6 is 11.6 Å². The van der Waals surface area contributed by atoms with Crippen LogP contribution < -0.4 is 15.8 Å². The number of aliphatic hydroxyl groups is 1. The minimum Gasteiger partial charge on any atom is -0.491 e. The number of nitrogens with one attached hydrogen (secondary N) is 1. The second kappa shape index (κ2) is 10.9. The predicted octanol–water partition coefficient (Wildman–Crippen LogP) is 3.53. The minimum absolute atomic E-state index is 0.0297. The van der Waals surface area contributed by atoms with Crippen molar-refractivity contribution in [3.8, 4) is 5.75 Å². The van der Waals surface area contributed by atoms with Gasteiger partial charge in [-0.3, -0.25) is 4.79 Å². The van der Waals surface area contributed by atoms with E-state index < -0.39 is 17.4 Å². The Morgan fingerprint density at radius 1 is 1.24 bits per heavy atom. The largest absolute Gasteiger partial charge is 0.491 e. The van der Waals surface area contributed by atoms with Gasteiger partial charge in [0.15, 0.2) is 5.78 Å². The molecule has 5 N–H and O–H groups in total. The zero-order chi connectivity index (χ0) is 24.0. The zero-order valence-electron chi connectivity index (χ0n) is 18.0. The lowest BCUT2D eigenvalue weighted by atomic mass is 9.87. The van der Waals surface area contributed by atoms with Gasteiger partial charge in [0.25, 0.3) is 0 Å². The normalized spacial score (nSPS) is 21.3. The van der Waals surface area contributed by atoms with E-state index in [0.29, 0.717) is 23.6 Å². The van der Waals surface area contributed by atoms with Crippen LogP contribution in [-0.4, -0.2) is 52.0 Å². The molecule has 33 heavy (non-hydrogen) atoms. The van der Waals surface area contributed by atoms with Gasteiger partial charge in [-0.2, -0.15) is 5.06 Å². The molecule has 0 saturated carbocycles. The number of benzene rings is 2. The second-order valence-electron chi connectivity index (χ2n) is 8.12. The van der Waals surface area contributed by atoms with Crippen LogP contribution in [0.2, 0.25) is 5.02 Å². The third-order valence-electron chi connectivity index (χ3n) is 5.76. The number of ketones is 1. The summed E-state index contributed by atoms with van der Waals surface area (Å²) in [6.07, 6.45) is 1.06. The van der Waals surface area contributed by atoms with Gasteiger partial charge in [-0.25, -0.2) is 9.18 Å². The lowest BCUT2D eigenvalue weighted by molar-refractivity contribution is -0.142. The Bertz CT molecular complexity index is 991. The molecule has 0 bridgehead atoms. The van der Waals surface area contributed by atoms with Gasteiger partial charge in [-0.15, -0.1) is 0 Å². The number of ether oxygens (including phenoxy) is 1. The Morgan fingerprint density at radius 2 is 1.97 bits per heavy atom. The number of halogens is 2. The van der Waals surface area contributed by atoms with Crippen LogP contribution in [0.1, 0.15) is 31.2 Å². The molecule has 2 atom stereocenters. The van der Waals surface area contributed by atoms with Crippen LogP contribution in [0, 0.1) is 5.82 Å². The SMILES string of the molecule is NC(=O)Nc1cc(Cl)ccc1OCCC(=O)C1(O)CCC(Cc2ccc(F)cc2)N(O)CC1. The number of nitrogens with zero attached hydrogens (tertiary/aromatic N) is 1. The van der Waals surface area contributed by atoms with E-state index in [2.05, 4.69) is 5.32 Å². The fraction of sp³-hybridized carbons (Fsp3) is 0.391. The highest BCUT2D eigenvalue weighted by molar-refractivity contribution is 6.31. The zero-order valence-corrected chi connectivity index (χ0v) is 18.7. The molecule has 1 heterocycles. The van der Waals surface area contributed by atoms with Crippen LogP contribution in [0.15, 0.2) is 42.5 Å². The molecular weight excluding hydrogens is 453 g/mol. The summed E-state index contributed by atoms with van der Waals surface area (Å²) in [6.45, 7) is 0.0941. The first kappa shape index (κ1) is 24.9. The summed E-state index contributed by atoms with van der Waals surface area (Å²) in [5.74, 6) is -0.435. The maximum Gasteiger partial charge on any atom is 0.316 e. The number of amides is 2. The van der Waals surface area contributed by atoms with Crippen LogP contribution in [0.25, 0.3) is 0 Å². The maximum atomic E-state index is 13.1.